The lowest BCUT2D eigenvalue weighted by molar-refractivity contribution is -0.120. The number of methoxy groups -OCH3 is 1. The first-order chi connectivity index (χ1) is 13.0. The highest BCUT2D eigenvalue weighted by Crippen LogP contribution is 2.29. The van der Waals surface area contributed by atoms with Crippen molar-refractivity contribution in [3.63, 3.8) is 0 Å². The van der Waals surface area contributed by atoms with E-state index in [-0.39, 0.29) is 17.4 Å². The number of nitrogens with one attached hydrogen (secondary N) is 1. The molecule has 2 aromatic carbocycles. The van der Waals surface area contributed by atoms with Crippen LogP contribution in [-0.4, -0.2) is 31.9 Å². The molecule has 2 rings (SSSR count). The molecule has 0 saturated heterocycles. The van der Waals surface area contributed by atoms with Crippen LogP contribution >= 0.6 is 27.7 Å². The highest BCUT2D eigenvalue weighted by Gasteiger charge is 2.11. The summed E-state index contributed by atoms with van der Waals surface area (Å²) in [5.41, 5.74) is 0.773. The van der Waals surface area contributed by atoms with E-state index in [1.54, 1.807) is 23.9 Å². The lowest BCUT2D eigenvalue weighted by Gasteiger charge is -2.12. The molecule has 0 bridgehead atoms. The second-order valence-corrected chi connectivity index (χ2v) is 7.48. The second-order valence-electron chi connectivity index (χ2n) is 5.49. The van der Waals surface area contributed by atoms with Gasteiger partial charge in [-0.2, -0.15) is 8.78 Å². The summed E-state index contributed by atoms with van der Waals surface area (Å²) in [6, 6.07) is 12.7. The van der Waals surface area contributed by atoms with Crippen LogP contribution in [-0.2, 0) is 11.2 Å². The smallest absolute Gasteiger partial charge is 0.387 e. The largest absolute Gasteiger partial charge is 0.493 e. The summed E-state index contributed by atoms with van der Waals surface area (Å²) in [6.45, 7) is -2.50. The normalized spacial score (nSPS) is 10.7. The fourth-order valence-corrected chi connectivity index (χ4v) is 3.83. The molecule has 0 aromatic heterocycles. The third-order valence-corrected chi connectivity index (χ3v) is 5.63. The van der Waals surface area contributed by atoms with Crippen LogP contribution < -0.4 is 14.8 Å². The van der Waals surface area contributed by atoms with Gasteiger partial charge in [0.2, 0.25) is 5.91 Å². The molecule has 0 spiro atoms. The van der Waals surface area contributed by atoms with Crippen molar-refractivity contribution < 1.29 is 23.0 Å². The molecule has 2 aromatic rings. The maximum atomic E-state index is 12.5. The highest BCUT2D eigenvalue weighted by molar-refractivity contribution is 9.10. The van der Waals surface area contributed by atoms with Gasteiger partial charge in [-0.15, -0.1) is 11.8 Å². The summed E-state index contributed by atoms with van der Waals surface area (Å²) in [7, 11) is 1.39. The SMILES string of the molecule is COc1ccc(CCNC(=O)CCSc2ccccc2Br)cc1OC(F)F. The van der Waals surface area contributed by atoms with Gasteiger partial charge in [0.25, 0.3) is 0 Å². The summed E-state index contributed by atoms with van der Waals surface area (Å²) in [5.74, 6) is 0.851. The third-order valence-electron chi connectivity index (χ3n) is 3.60. The Morgan fingerprint density at radius 1 is 1.22 bits per heavy atom. The van der Waals surface area contributed by atoms with E-state index >= 15 is 0 Å². The molecule has 0 aliphatic carbocycles. The quantitative estimate of drug-likeness (QED) is 0.513. The van der Waals surface area contributed by atoms with Crippen LogP contribution in [0.1, 0.15) is 12.0 Å². The minimum atomic E-state index is -2.92. The van der Waals surface area contributed by atoms with Crippen molar-refractivity contribution in [3.05, 3.63) is 52.5 Å². The zero-order valence-electron chi connectivity index (χ0n) is 14.7. The summed E-state index contributed by atoms with van der Waals surface area (Å²) in [5, 5.41) is 2.84. The van der Waals surface area contributed by atoms with Crippen LogP contribution in [0.2, 0.25) is 0 Å². The molecule has 4 nitrogen and oxygen atoms in total. The number of thioether (sulfide) groups is 1. The van der Waals surface area contributed by atoms with Gasteiger partial charge in [-0.05, 0) is 52.2 Å². The zero-order chi connectivity index (χ0) is 19.6. The van der Waals surface area contributed by atoms with Crippen molar-refractivity contribution in [2.75, 3.05) is 19.4 Å². The first-order valence-electron chi connectivity index (χ1n) is 8.25. The van der Waals surface area contributed by atoms with Crippen molar-refractivity contribution in [3.8, 4) is 11.5 Å². The van der Waals surface area contributed by atoms with Gasteiger partial charge in [0, 0.05) is 28.1 Å². The van der Waals surface area contributed by atoms with Gasteiger partial charge in [-0.3, -0.25) is 4.79 Å². The Balaban J connectivity index is 1.75. The molecule has 0 aliphatic rings. The second kappa shape index (κ2) is 11.1. The number of halogens is 3. The summed E-state index contributed by atoms with van der Waals surface area (Å²) in [6.07, 6.45) is 0.904. The number of rotatable bonds is 10. The van der Waals surface area contributed by atoms with Crippen LogP contribution in [0.25, 0.3) is 0 Å². The third kappa shape index (κ3) is 7.38. The molecule has 1 N–H and O–H groups in total. The Bertz CT molecular complexity index is 761. The van der Waals surface area contributed by atoms with Crippen molar-refractivity contribution in [1.29, 1.82) is 0 Å². The molecule has 0 atom stereocenters. The van der Waals surface area contributed by atoms with Crippen molar-refractivity contribution in [2.24, 2.45) is 0 Å². The molecule has 27 heavy (non-hydrogen) atoms. The van der Waals surface area contributed by atoms with Crippen LogP contribution in [0.5, 0.6) is 11.5 Å². The van der Waals surface area contributed by atoms with Gasteiger partial charge < -0.3 is 14.8 Å². The molecule has 1 amide bonds. The van der Waals surface area contributed by atoms with E-state index in [2.05, 4.69) is 26.0 Å². The summed E-state index contributed by atoms with van der Waals surface area (Å²) >= 11 is 5.08. The number of benzene rings is 2. The topological polar surface area (TPSA) is 47.6 Å². The van der Waals surface area contributed by atoms with E-state index in [0.29, 0.717) is 25.1 Å². The Kier molecular flexibility index (Phi) is 8.87. The van der Waals surface area contributed by atoms with Crippen molar-refractivity contribution in [2.45, 2.75) is 24.3 Å². The van der Waals surface area contributed by atoms with Crippen LogP contribution in [0.4, 0.5) is 8.78 Å². The average molecular weight is 460 g/mol. The molecule has 0 saturated carbocycles. The number of ether oxygens (including phenoxy) is 2. The van der Waals surface area contributed by atoms with Gasteiger partial charge >= 0.3 is 6.61 Å². The number of carbonyl (C=O) groups excluding carboxylic acids is 1. The Morgan fingerprint density at radius 3 is 2.70 bits per heavy atom. The molecule has 0 heterocycles. The molecule has 0 aliphatic heterocycles. The fourth-order valence-electron chi connectivity index (χ4n) is 2.31. The first kappa shape index (κ1) is 21.5. The maximum Gasteiger partial charge on any atom is 0.387 e. The lowest BCUT2D eigenvalue weighted by atomic mass is 10.1. The monoisotopic (exact) mass is 459 g/mol. The number of carbonyl (C=O) groups is 1. The molecule has 0 unspecified atom stereocenters. The van der Waals surface area contributed by atoms with Crippen molar-refractivity contribution >= 4 is 33.6 Å². The predicted octanol–water partition coefficient (Wildman–Crippen LogP) is 4.90. The molecule has 0 radical (unpaired) electrons. The van der Waals surface area contributed by atoms with Gasteiger partial charge in [-0.25, -0.2) is 0 Å². The van der Waals surface area contributed by atoms with E-state index in [4.69, 9.17) is 4.74 Å². The van der Waals surface area contributed by atoms with E-state index in [1.165, 1.54) is 13.2 Å². The Morgan fingerprint density at radius 2 is 2.00 bits per heavy atom. The summed E-state index contributed by atoms with van der Waals surface area (Å²) < 4.78 is 35.4. The van der Waals surface area contributed by atoms with Crippen molar-refractivity contribution in [1.82, 2.24) is 5.32 Å². The van der Waals surface area contributed by atoms with Gasteiger partial charge in [-0.1, -0.05) is 18.2 Å². The zero-order valence-corrected chi connectivity index (χ0v) is 17.1. The van der Waals surface area contributed by atoms with Gasteiger partial charge in [0.15, 0.2) is 11.5 Å². The molecule has 0 fully saturated rings. The lowest BCUT2D eigenvalue weighted by Crippen LogP contribution is -2.25. The predicted molar refractivity (Wildman–Crippen MR) is 106 cm³/mol. The van der Waals surface area contributed by atoms with Crippen LogP contribution in [0.3, 0.4) is 0 Å². The van der Waals surface area contributed by atoms with E-state index < -0.39 is 6.61 Å². The van der Waals surface area contributed by atoms with Crippen LogP contribution in [0, 0.1) is 0 Å². The standard InChI is InChI=1S/C19H20BrF2NO3S/c1-25-15-7-6-13(12-16(15)26-19(21)22)8-10-23-18(24)9-11-27-17-5-3-2-4-14(17)20/h2-7,12,19H,8-11H2,1H3,(H,23,24). The number of hydrogen-bond donors (Lipinski definition) is 1. The van der Waals surface area contributed by atoms with E-state index in [9.17, 15) is 13.6 Å². The first-order valence-corrected chi connectivity index (χ1v) is 10.0. The molecule has 8 heteroatoms. The molecule has 146 valence electrons. The van der Waals surface area contributed by atoms with Gasteiger partial charge in [0.1, 0.15) is 0 Å². The Labute approximate surface area is 169 Å². The van der Waals surface area contributed by atoms with Gasteiger partial charge in [0.05, 0.1) is 7.11 Å². The molecular formula is C19H20BrF2NO3S. The minimum Gasteiger partial charge on any atom is -0.493 e. The fraction of sp³-hybridized carbons (Fsp3) is 0.316. The molecular weight excluding hydrogens is 440 g/mol. The van der Waals surface area contributed by atoms with Crippen LogP contribution in [0.15, 0.2) is 51.8 Å². The maximum absolute atomic E-state index is 12.5. The van der Waals surface area contributed by atoms with E-state index in [1.807, 2.05) is 24.3 Å². The summed E-state index contributed by atoms with van der Waals surface area (Å²) in [4.78, 5) is 13.0. The van der Waals surface area contributed by atoms with E-state index in [0.717, 1.165) is 14.9 Å². The minimum absolute atomic E-state index is 0.0128. The average Bonchev–Trinajstić information content (AvgIpc) is 2.63. The number of amides is 1. The highest BCUT2D eigenvalue weighted by atomic mass is 79.9. The number of hydrogen-bond acceptors (Lipinski definition) is 4. The Hall–Kier alpha value is -1.80. The number of alkyl halides is 2.